The third kappa shape index (κ3) is 2.03. The quantitative estimate of drug-likeness (QED) is 0.321. The monoisotopic (exact) mass is 179 g/mol. The van der Waals surface area contributed by atoms with Gasteiger partial charge in [0, 0.05) is 11.1 Å². The van der Waals surface area contributed by atoms with Crippen molar-refractivity contribution >= 4 is 11.8 Å². The van der Waals surface area contributed by atoms with E-state index < -0.39 is 11.8 Å². The number of hydrogen-bond donors (Lipinski definition) is 3. The zero-order valence-electron chi connectivity index (χ0n) is 6.78. The highest BCUT2D eigenvalue weighted by atomic mass is 16.2. The number of hydrazine groups is 1. The van der Waals surface area contributed by atoms with Crippen molar-refractivity contribution < 1.29 is 9.59 Å². The van der Waals surface area contributed by atoms with Gasteiger partial charge in [0.05, 0.1) is 0 Å². The molecule has 0 aliphatic rings. The fraction of sp³-hybridized carbons (Fsp3) is 0. The maximum atomic E-state index is 11.0. The molecule has 68 valence electrons. The predicted octanol–water partition coefficient (Wildman–Crippen LogP) is -0.611. The second-order valence-corrected chi connectivity index (χ2v) is 2.42. The lowest BCUT2D eigenvalue weighted by atomic mass is 10.1. The average molecular weight is 179 g/mol. The van der Waals surface area contributed by atoms with E-state index in [1.54, 1.807) is 6.07 Å². The molecular formula is C8H9N3O2. The Morgan fingerprint density at radius 2 is 1.85 bits per heavy atom. The first-order valence-electron chi connectivity index (χ1n) is 3.56. The van der Waals surface area contributed by atoms with E-state index >= 15 is 0 Å². The van der Waals surface area contributed by atoms with Gasteiger partial charge in [0.15, 0.2) is 0 Å². The van der Waals surface area contributed by atoms with Crippen molar-refractivity contribution in [3.63, 3.8) is 0 Å². The lowest BCUT2D eigenvalue weighted by Crippen LogP contribution is -2.30. The lowest BCUT2D eigenvalue weighted by Gasteiger charge is -2.00. The molecule has 1 aromatic rings. The molecule has 0 aliphatic heterocycles. The molecule has 5 nitrogen and oxygen atoms in total. The second-order valence-electron chi connectivity index (χ2n) is 2.42. The minimum Gasteiger partial charge on any atom is -0.366 e. The standard InChI is InChI=1S/C8H9N3O2/c9-7(12)5-2-1-3-6(4-5)8(13)11-10/h1-4H,10H2,(H2,9,12)(H,11,13). The Morgan fingerprint density at radius 3 is 2.38 bits per heavy atom. The number of nitrogen functional groups attached to an aromatic ring is 1. The van der Waals surface area contributed by atoms with E-state index in [4.69, 9.17) is 11.6 Å². The molecule has 0 heterocycles. The van der Waals surface area contributed by atoms with E-state index in [9.17, 15) is 9.59 Å². The maximum Gasteiger partial charge on any atom is 0.265 e. The molecule has 5 N–H and O–H groups in total. The number of hydrogen-bond acceptors (Lipinski definition) is 3. The van der Waals surface area contributed by atoms with Crippen molar-refractivity contribution in [2.24, 2.45) is 11.6 Å². The summed E-state index contributed by atoms with van der Waals surface area (Å²) in [4.78, 5) is 21.7. The molecule has 1 rings (SSSR count). The van der Waals surface area contributed by atoms with Crippen LogP contribution in [0.1, 0.15) is 20.7 Å². The molecule has 0 spiro atoms. The molecular weight excluding hydrogens is 170 g/mol. The van der Waals surface area contributed by atoms with Gasteiger partial charge in [0.1, 0.15) is 0 Å². The SMILES string of the molecule is NNC(=O)c1cccc(C(N)=O)c1. The van der Waals surface area contributed by atoms with Crippen LogP contribution < -0.4 is 17.0 Å². The van der Waals surface area contributed by atoms with Crippen molar-refractivity contribution in [1.82, 2.24) is 5.43 Å². The minimum absolute atomic E-state index is 0.279. The largest absolute Gasteiger partial charge is 0.366 e. The number of rotatable bonds is 2. The molecule has 0 radical (unpaired) electrons. The molecule has 0 aliphatic carbocycles. The number of benzene rings is 1. The topological polar surface area (TPSA) is 98.2 Å². The smallest absolute Gasteiger partial charge is 0.265 e. The van der Waals surface area contributed by atoms with Crippen LogP contribution in [0.15, 0.2) is 24.3 Å². The predicted molar refractivity (Wildman–Crippen MR) is 46.6 cm³/mol. The van der Waals surface area contributed by atoms with E-state index in [2.05, 4.69) is 0 Å². The van der Waals surface area contributed by atoms with Crippen LogP contribution in [-0.4, -0.2) is 11.8 Å². The van der Waals surface area contributed by atoms with E-state index in [1.807, 2.05) is 5.43 Å². The van der Waals surface area contributed by atoms with Gasteiger partial charge in [0.25, 0.3) is 5.91 Å². The first-order chi connectivity index (χ1) is 6.15. The first-order valence-corrected chi connectivity index (χ1v) is 3.56. The fourth-order valence-electron chi connectivity index (χ4n) is 0.897. The summed E-state index contributed by atoms with van der Waals surface area (Å²) in [7, 11) is 0. The van der Waals surface area contributed by atoms with Crippen LogP contribution in [0.2, 0.25) is 0 Å². The van der Waals surface area contributed by atoms with E-state index in [0.29, 0.717) is 5.56 Å². The molecule has 0 saturated carbocycles. The molecule has 0 bridgehead atoms. The number of carbonyl (C=O) groups is 2. The van der Waals surface area contributed by atoms with E-state index in [1.165, 1.54) is 18.2 Å². The Hall–Kier alpha value is -1.88. The molecule has 0 saturated heterocycles. The maximum absolute atomic E-state index is 11.0. The molecule has 0 unspecified atom stereocenters. The molecule has 1 aromatic carbocycles. The van der Waals surface area contributed by atoms with Gasteiger partial charge < -0.3 is 5.73 Å². The van der Waals surface area contributed by atoms with Gasteiger partial charge in [-0.15, -0.1) is 0 Å². The molecule has 0 aromatic heterocycles. The summed E-state index contributed by atoms with van der Waals surface area (Å²) in [5, 5.41) is 0. The van der Waals surface area contributed by atoms with Crippen LogP contribution in [0.5, 0.6) is 0 Å². The second kappa shape index (κ2) is 3.68. The van der Waals surface area contributed by atoms with Gasteiger partial charge in [-0.1, -0.05) is 6.07 Å². The van der Waals surface area contributed by atoms with Crippen LogP contribution in [-0.2, 0) is 0 Å². The van der Waals surface area contributed by atoms with Gasteiger partial charge in [-0.25, -0.2) is 5.84 Å². The Balaban J connectivity index is 3.05. The highest BCUT2D eigenvalue weighted by Crippen LogP contribution is 2.03. The molecule has 0 fully saturated rings. The first kappa shape index (κ1) is 9.21. The van der Waals surface area contributed by atoms with Gasteiger partial charge in [-0.05, 0) is 18.2 Å². The third-order valence-electron chi connectivity index (χ3n) is 1.54. The van der Waals surface area contributed by atoms with Crippen LogP contribution in [0.3, 0.4) is 0 Å². The van der Waals surface area contributed by atoms with Crippen molar-refractivity contribution in [3.8, 4) is 0 Å². The Bertz CT molecular complexity index is 349. The van der Waals surface area contributed by atoms with Crippen LogP contribution in [0, 0.1) is 0 Å². The van der Waals surface area contributed by atoms with Crippen LogP contribution >= 0.6 is 0 Å². The number of carbonyl (C=O) groups excluding carboxylic acids is 2. The van der Waals surface area contributed by atoms with Crippen molar-refractivity contribution in [1.29, 1.82) is 0 Å². The van der Waals surface area contributed by atoms with Crippen LogP contribution in [0.4, 0.5) is 0 Å². The molecule has 2 amide bonds. The highest BCUT2D eigenvalue weighted by molar-refractivity contribution is 5.98. The van der Waals surface area contributed by atoms with Crippen molar-refractivity contribution in [2.45, 2.75) is 0 Å². The average Bonchev–Trinajstić information content (AvgIpc) is 2.17. The summed E-state index contributed by atoms with van der Waals surface area (Å²) in [5.74, 6) is 3.88. The lowest BCUT2D eigenvalue weighted by molar-refractivity contribution is 0.0953. The number of amides is 2. The van der Waals surface area contributed by atoms with Gasteiger partial charge in [-0.3, -0.25) is 15.0 Å². The normalized spacial score (nSPS) is 9.31. The summed E-state index contributed by atoms with van der Waals surface area (Å²) in [6.07, 6.45) is 0. The zero-order valence-corrected chi connectivity index (χ0v) is 6.78. The number of nitrogens with one attached hydrogen (secondary N) is 1. The third-order valence-corrected chi connectivity index (χ3v) is 1.54. The van der Waals surface area contributed by atoms with Crippen molar-refractivity contribution in [3.05, 3.63) is 35.4 Å². The summed E-state index contributed by atoms with van der Waals surface area (Å²) in [6.45, 7) is 0. The summed E-state index contributed by atoms with van der Waals surface area (Å²) < 4.78 is 0. The number of nitrogens with two attached hydrogens (primary N) is 2. The highest BCUT2D eigenvalue weighted by Gasteiger charge is 2.05. The Labute approximate surface area is 74.7 Å². The van der Waals surface area contributed by atoms with Gasteiger partial charge >= 0.3 is 0 Å². The molecule has 5 heteroatoms. The Kier molecular flexibility index (Phi) is 2.61. The molecule has 13 heavy (non-hydrogen) atoms. The van der Waals surface area contributed by atoms with Gasteiger partial charge in [0.2, 0.25) is 5.91 Å². The summed E-state index contributed by atoms with van der Waals surface area (Å²) in [6, 6.07) is 6.00. The van der Waals surface area contributed by atoms with E-state index in [0.717, 1.165) is 0 Å². The minimum atomic E-state index is -0.577. The number of primary amides is 1. The van der Waals surface area contributed by atoms with Crippen molar-refractivity contribution in [2.75, 3.05) is 0 Å². The fourth-order valence-corrected chi connectivity index (χ4v) is 0.897. The summed E-state index contributed by atoms with van der Waals surface area (Å²) >= 11 is 0. The van der Waals surface area contributed by atoms with Crippen LogP contribution in [0.25, 0.3) is 0 Å². The Morgan fingerprint density at radius 1 is 1.23 bits per heavy atom. The zero-order chi connectivity index (χ0) is 9.84. The molecule has 0 atom stereocenters. The van der Waals surface area contributed by atoms with Gasteiger partial charge in [-0.2, -0.15) is 0 Å². The summed E-state index contributed by atoms with van der Waals surface area (Å²) in [5.41, 5.74) is 7.56. The van der Waals surface area contributed by atoms with E-state index in [-0.39, 0.29) is 5.56 Å².